The summed E-state index contributed by atoms with van der Waals surface area (Å²) in [6.07, 6.45) is 13.5. The molecule has 0 unspecified atom stereocenters. The van der Waals surface area contributed by atoms with Crippen molar-refractivity contribution in [3.05, 3.63) is 46.0 Å². The van der Waals surface area contributed by atoms with Gasteiger partial charge in [-0.15, -0.1) is 0 Å². The number of rotatable bonds is 3. The van der Waals surface area contributed by atoms with Crippen molar-refractivity contribution in [2.75, 3.05) is 26.2 Å². The van der Waals surface area contributed by atoms with E-state index in [1.807, 2.05) is 11.0 Å². The summed E-state index contributed by atoms with van der Waals surface area (Å²) in [5.41, 5.74) is 3.04. The second-order valence-corrected chi connectivity index (χ2v) is 12.9. The van der Waals surface area contributed by atoms with Gasteiger partial charge in [0.25, 0.3) is 0 Å². The van der Waals surface area contributed by atoms with Gasteiger partial charge >= 0.3 is 11.7 Å². The van der Waals surface area contributed by atoms with Crippen molar-refractivity contribution in [1.29, 1.82) is 0 Å². The molecule has 2 amide bonds. The lowest BCUT2D eigenvalue weighted by Crippen LogP contribution is -2.60. The van der Waals surface area contributed by atoms with Gasteiger partial charge in [-0.05, 0) is 97.5 Å². The molecule has 5 aliphatic rings. The number of aliphatic hydroxyl groups excluding tert-OH is 1. The summed E-state index contributed by atoms with van der Waals surface area (Å²) >= 11 is 0. The Bertz CT molecular complexity index is 1100. The van der Waals surface area contributed by atoms with Crippen molar-refractivity contribution in [2.24, 2.45) is 28.6 Å². The highest BCUT2D eigenvalue weighted by Gasteiger charge is 2.57. The Balaban J connectivity index is 1.13. The lowest BCUT2D eigenvalue weighted by atomic mass is 9.45. The van der Waals surface area contributed by atoms with Crippen molar-refractivity contribution < 1.29 is 14.3 Å². The molecule has 3 N–H and O–H groups in total. The number of nitrogens with one attached hydrogen (secondary N) is 2. The lowest BCUT2D eigenvalue weighted by molar-refractivity contribution is -0.0589. The van der Waals surface area contributed by atoms with Crippen LogP contribution in [0.3, 0.4) is 0 Å². The first-order valence-corrected chi connectivity index (χ1v) is 14.5. The molecule has 37 heavy (non-hydrogen) atoms. The van der Waals surface area contributed by atoms with E-state index in [2.05, 4.69) is 30.6 Å². The second kappa shape index (κ2) is 9.57. The van der Waals surface area contributed by atoms with E-state index >= 15 is 0 Å². The second-order valence-electron chi connectivity index (χ2n) is 12.9. The van der Waals surface area contributed by atoms with E-state index in [0.717, 1.165) is 31.4 Å². The van der Waals surface area contributed by atoms with Crippen LogP contribution in [-0.4, -0.2) is 54.4 Å². The third kappa shape index (κ3) is 4.17. The van der Waals surface area contributed by atoms with Gasteiger partial charge in [-0.25, -0.2) is 9.59 Å². The number of hydrogen-bond acceptors (Lipinski definition) is 5. The largest absolute Gasteiger partial charge is 0.431 e. The van der Waals surface area contributed by atoms with E-state index in [9.17, 15) is 14.7 Å². The molecule has 4 fully saturated rings. The highest BCUT2D eigenvalue weighted by atomic mass is 16.4. The van der Waals surface area contributed by atoms with Crippen LogP contribution in [0.5, 0.6) is 0 Å². The van der Waals surface area contributed by atoms with Crippen LogP contribution in [-0.2, 0) is 0 Å². The molecule has 202 valence electrons. The van der Waals surface area contributed by atoms with Gasteiger partial charge in [0.05, 0.1) is 18.9 Å². The molecular formula is C30H43N3O4. The fourth-order valence-corrected chi connectivity index (χ4v) is 9.24. The Morgan fingerprint density at radius 2 is 2.08 bits per heavy atom. The van der Waals surface area contributed by atoms with E-state index < -0.39 is 0 Å². The number of carbonyl (C=O) groups excluding carboxylic acids is 1. The summed E-state index contributed by atoms with van der Waals surface area (Å²) in [5.74, 6) is 2.41. The normalized spacial score (nSPS) is 41.3. The number of fused-ring (bicyclic) bond motifs is 5. The zero-order chi connectivity index (χ0) is 25.8. The molecule has 2 heterocycles. The number of nitrogens with zero attached hydrogens (tertiary/aromatic N) is 1. The first-order chi connectivity index (χ1) is 17.8. The molecular weight excluding hydrogens is 466 g/mol. The molecule has 1 aromatic rings. The first-order valence-electron chi connectivity index (χ1n) is 14.5. The van der Waals surface area contributed by atoms with Crippen molar-refractivity contribution in [1.82, 2.24) is 15.5 Å². The van der Waals surface area contributed by atoms with E-state index in [1.165, 1.54) is 32.1 Å². The lowest BCUT2D eigenvalue weighted by Gasteiger charge is -2.60. The summed E-state index contributed by atoms with van der Waals surface area (Å²) in [5, 5.41) is 16.3. The third-order valence-electron chi connectivity index (χ3n) is 11.3. The van der Waals surface area contributed by atoms with Gasteiger partial charge in [-0.2, -0.15) is 0 Å². The van der Waals surface area contributed by atoms with E-state index in [0.29, 0.717) is 42.2 Å². The maximum atomic E-state index is 13.1. The van der Waals surface area contributed by atoms with Crippen molar-refractivity contribution in [3.8, 4) is 0 Å². The average Bonchev–Trinajstić information content (AvgIpc) is 3.26. The monoisotopic (exact) mass is 509 g/mol. The van der Waals surface area contributed by atoms with E-state index in [-0.39, 0.29) is 35.8 Å². The van der Waals surface area contributed by atoms with Crippen LogP contribution in [0.25, 0.3) is 0 Å². The van der Waals surface area contributed by atoms with Gasteiger partial charge in [-0.1, -0.05) is 25.5 Å². The Labute approximate surface area is 220 Å². The van der Waals surface area contributed by atoms with Gasteiger partial charge in [0.15, 0.2) is 0 Å². The van der Waals surface area contributed by atoms with Crippen LogP contribution < -0.4 is 16.3 Å². The number of urea groups is 1. The SMILES string of the molecule is C[C@]12CC[C@H](NC(=O)N3CCNC[C@@H]3CO)C[C@H]1CC[C@H]1C3=CC[C@H](c4ccc(=O)oc4)[C@@]3(C)CC[C@@H]12. The maximum Gasteiger partial charge on any atom is 0.335 e. The van der Waals surface area contributed by atoms with Crippen molar-refractivity contribution in [2.45, 2.75) is 83.2 Å². The van der Waals surface area contributed by atoms with Crippen LogP contribution in [0, 0.1) is 28.6 Å². The fraction of sp³-hybridized carbons (Fsp3) is 0.733. The molecule has 7 heteroatoms. The minimum atomic E-state index is -0.275. The number of aliphatic hydroxyl groups is 1. The molecule has 4 aliphatic carbocycles. The van der Waals surface area contributed by atoms with Crippen LogP contribution in [0.1, 0.15) is 76.7 Å². The number of hydrogen-bond donors (Lipinski definition) is 3. The molecule has 7 nitrogen and oxygen atoms in total. The van der Waals surface area contributed by atoms with Crippen LogP contribution >= 0.6 is 0 Å². The molecule has 1 aliphatic heterocycles. The van der Waals surface area contributed by atoms with Gasteiger partial charge in [-0.3, -0.25) is 0 Å². The van der Waals surface area contributed by atoms with Crippen LogP contribution in [0.2, 0.25) is 0 Å². The van der Waals surface area contributed by atoms with Gasteiger partial charge < -0.3 is 25.1 Å². The number of piperazine rings is 1. The Morgan fingerprint density at radius 1 is 1.22 bits per heavy atom. The predicted octanol–water partition coefficient (Wildman–Crippen LogP) is 4.03. The van der Waals surface area contributed by atoms with Gasteiger partial charge in [0, 0.05) is 31.7 Å². The zero-order valence-corrected chi connectivity index (χ0v) is 22.4. The summed E-state index contributed by atoms with van der Waals surface area (Å²) in [6, 6.07) is 3.63. The predicted molar refractivity (Wildman–Crippen MR) is 142 cm³/mol. The zero-order valence-electron chi connectivity index (χ0n) is 22.4. The quantitative estimate of drug-likeness (QED) is 0.535. The molecule has 1 aromatic heterocycles. The first kappa shape index (κ1) is 25.2. The number of allylic oxidation sites excluding steroid dienone is 2. The summed E-state index contributed by atoms with van der Waals surface area (Å²) < 4.78 is 5.25. The standard InChI is InChI=1S/C30H43N3O4/c1-29-11-9-21(32-28(36)33-14-13-31-16-22(33)17-34)15-20(29)4-5-23-25-7-6-24(19-3-8-27(35)37-18-19)30(25,2)12-10-26(23)29/h3,7-8,18,20-24,26,31,34H,4-6,9-17H2,1-2H3,(H,32,36)/t20-,21+,22-,23+,24-,26+,29+,30-/m1/s1. The molecule has 1 saturated heterocycles. The fourth-order valence-electron chi connectivity index (χ4n) is 9.24. The smallest absolute Gasteiger partial charge is 0.335 e. The molecule has 0 bridgehead atoms. The number of amides is 2. The topological polar surface area (TPSA) is 94.8 Å². The highest BCUT2D eigenvalue weighted by molar-refractivity contribution is 5.75. The van der Waals surface area contributed by atoms with Crippen LogP contribution in [0.4, 0.5) is 4.79 Å². The van der Waals surface area contributed by atoms with Crippen molar-refractivity contribution in [3.63, 3.8) is 0 Å². The Hall–Kier alpha value is -2.12. The summed E-state index contributed by atoms with van der Waals surface area (Å²) in [4.78, 5) is 26.4. The summed E-state index contributed by atoms with van der Waals surface area (Å²) in [6.45, 7) is 7.10. The number of carbonyl (C=O) groups is 1. The molecule has 0 aromatic carbocycles. The van der Waals surface area contributed by atoms with Gasteiger partial charge in [0.2, 0.25) is 0 Å². The minimum Gasteiger partial charge on any atom is -0.431 e. The van der Waals surface area contributed by atoms with E-state index in [1.54, 1.807) is 17.9 Å². The molecule has 6 rings (SSSR count). The van der Waals surface area contributed by atoms with Gasteiger partial charge in [0.1, 0.15) is 0 Å². The maximum absolute atomic E-state index is 13.1. The molecule has 8 atom stereocenters. The van der Waals surface area contributed by atoms with E-state index in [4.69, 9.17) is 4.42 Å². The summed E-state index contributed by atoms with van der Waals surface area (Å²) in [7, 11) is 0. The van der Waals surface area contributed by atoms with Crippen LogP contribution in [0.15, 0.2) is 39.3 Å². The average molecular weight is 510 g/mol. The highest BCUT2D eigenvalue weighted by Crippen LogP contribution is 2.67. The third-order valence-corrected chi connectivity index (χ3v) is 11.3. The Kier molecular flexibility index (Phi) is 6.51. The molecule has 0 spiro atoms. The Morgan fingerprint density at radius 3 is 2.86 bits per heavy atom. The molecule has 0 radical (unpaired) electrons. The minimum absolute atomic E-state index is 0.00317. The van der Waals surface area contributed by atoms with Crippen molar-refractivity contribution >= 4 is 6.03 Å². The molecule has 3 saturated carbocycles.